The Balaban J connectivity index is 1.46. The molecule has 0 saturated carbocycles. The van der Waals surface area contributed by atoms with Gasteiger partial charge in [-0.2, -0.15) is 10.1 Å². The van der Waals surface area contributed by atoms with Gasteiger partial charge in [0.15, 0.2) is 0 Å². The third kappa shape index (κ3) is 5.65. The summed E-state index contributed by atoms with van der Waals surface area (Å²) in [4.78, 5) is 39.8. The number of urea groups is 1. The van der Waals surface area contributed by atoms with Crippen LogP contribution in [0.2, 0.25) is 0 Å². The normalized spacial score (nSPS) is 11.6. The molecule has 3 N–H and O–H groups in total. The number of anilines is 3. The molecule has 0 atom stereocenters. The summed E-state index contributed by atoms with van der Waals surface area (Å²) < 4.78 is 3.47. The maximum absolute atomic E-state index is 13.6. The lowest BCUT2D eigenvalue weighted by Gasteiger charge is -2.18. The summed E-state index contributed by atoms with van der Waals surface area (Å²) in [5.74, 6) is 0.441. The molecule has 5 aromatic rings. The summed E-state index contributed by atoms with van der Waals surface area (Å²) in [6.07, 6.45) is 6.90. The predicted octanol–water partition coefficient (Wildman–Crippen LogP) is 5.74. The zero-order valence-electron chi connectivity index (χ0n) is 23.9. The van der Waals surface area contributed by atoms with E-state index in [-0.39, 0.29) is 17.1 Å². The second kappa shape index (κ2) is 10.8. The molecule has 0 aliphatic carbocycles. The van der Waals surface area contributed by atoms with E-state index in [1.807, 2.05) is 63.7 Å². The minimum Gasteiger partial charge on any atom is -0.357 e. The first-order valence-corrected chi connectivity index (χ1v) is 13.3. The topological polar surface area (TPSA) is 132 Å². The van der Waals surface area contributed by atoms with Crippen molar-refractivity contribution in [2.24, 2.45) is 0 Å². The van der Waals surface area contributed by atoms with Gasteiger partial charge in [-0.3, -0.25) is 19.0 Å². The molecule has 0 fully saturated rings. The minimum absolute atomic E-state index is 0.125. The first kappa shape index (κ1) is 27.5. The van der Waals surface area contributed by atoms with Gasteiger partial charge >= 0.3 is 6.03 Å². The summed E-state index contributed by atoms with van der Waals surface area (Å²) in [6.45, 7) is 9.99. The SMILES string of the molecule is CNc1ncc2cc(-c3cccc(NC(=O)Nc4cn(C(C)(C)C)nc4-c4cccnc4)c3)c(=O)n(C(C)C)c2n1. The zero-order valence-corrected chi connectivity index (χ0v) is 23.9. The second-order valence-electron chi connectivity index (χ2n) is 11.0. The Morgan fingerprint density at radius 1 is 1.00 bits per heavy atom. The number of pyridine rings is 2. The van der Waals surface area contributed by atoms with Crippen molar-refractivity contribution in [2.45, 2.75) is 46.2 Å². The van der Waals surface area contributed by atoms with Crippen LogP contribution in [0.4, 0.5) is 22.1 Å². The van der Waals surface area contributed by atoms with Crippen molar-refractivity contribution in [3.8, 4) is 22.4 Å². The number of hydrogen-bond donors (Lipinski definition) is 3. The van der Waals surface area contributed by atoms with Crippen molar-refractivity contribution >= 4 is 34.4 Å². The van der Waals surface area contributed by atoms with Crippen LogP contribution in [0.15, 0.2) is 72.0 Å². The van der Waals surface area contributed by atoms with Crippen molar-refractivity contribution in [1.82, 2.24) is 29.3 Å². The van der Waals surface area contributed by atoms with Crippen LogP contribution in [0.25, 0.3) is 33.4 Å². The Kier molecular flexibility index (Phi) is 7.27. The van der Waals surface area contributed by atoms with Crippen LogP contribution in [-0.2, 0) is 5.54 Å². The number of fused-ring (bicyclic) bond motifs is 1. The summed E-state index contributed by atoms with van der Waals surface area (Å²) in [6, 6.07) is 12.1. The predicted molar refractivity (Wildman–Crippen MR) is 162 cm³/mol. The molecule has 4 heterocycles. The minimum atomic E-state index is -0.438. The van der Waals surface area contributed by atoms with Gasteiger partial charge in [0.25, 0.3) is 5.56 Å². The number of amides is 2. The average molecular weight is 552 g/mol. The molecule has 5 rings (SSSR count). The molecule has 0 unspecified atom stereocenters. The van der Waals surface area contributed by atoms with Crippen LogP contribution in [0.3, 0.4) is 0 Å². The van der Waals surface area contributed by atoms with Crippen molar-refractivity contribution in [3.63, 3.8) is 0 Å². The van der Waals surface area contributed by atoms with Gasteiger partial charge in [-0.1, -0.05) is 12.1 Å². The van der Waals surface area contributed by atoms with Gasteiger partial charge < -0.3 is 16.0 Å². The molecule has 11 heteroatoms. The molecule has 4 aromatic heterocycles. The van der Waals surface area contributed by atoms with Crippen LogP contribution in [0, 0.1) is 0 Å². The van der Waals surface area contributed by atoms with E-state index in [0.29, 0.717) is 39.8 Å². The van der Waals surface area contributed by atoms with Crippen LogP contribution < -0.4 is 21.5 Å². The fraction of sp³-hybridized carbons (Fsp3) is 0.267. The average Bonchev–Trinajstić information content (AvgIpc) is 3.37. The zero-order chi connectivity index (χ0) is 29.3. The highest BCUT2D eigenvalue weighted by molar-refractivity contribution is 6.02. The number of nitrogens with one attached hydrogen (secondary N) is 3. The number of benzene rings is 1. The Labute approximate surface area is 237 Å². The smallest absolute Gasteiger partial charge is 0.323 e. The van der Waals surface area contributed by atoms with E-state index in [0.717, 1.165) is 10.9 Å². The molecule has 0 aliphatic heterocycles. The molecule has 41 heavy (non-hydrogen) atoms. The lowest BCUT2D eigenvalue weighted by Crippen LogP contribution is -2.25. The van der Waals surface area contributed by atoms with E-state index < -0.39 is 6.03 Å². The molecule has 0 saturated heterocycles. The van der Waals surface area contributed by atoms with Gasteiger partial charge in [-0.25, -0.2) is 9.78 Å². The van der Waals surface area contributed by atoms with E-state index in [1.54, 1.807) is 54.5 Å². The van der Waals surface area contributed by atoms with Gasteiger partial charge in [-0.15, -0.1) is 0 Å². The molecule has 11 nitrogen and oxygen atoms in total. The quantitative estimate of drug-likeness (QED) is 0.245. The third-order valence-electron chi connectivity index (χ3n) is 6.53. The van der Waals surface area contributed by atoms with E-state index in [9.17, 15) is 9.59 Å². The molecule has 0 radical (unpaired) electrons. The van der Waals surface area contributed by atoms with Gasteiger partial charge in [-0.05, 0) is 70.5 Å². The molecule has 0 bridgehead atoms. The molecular formula is C30H33N9O2. The Hall–Kier alpha value is -5.06. The van der Waals surface area contributed by atoms with E-state index >= 15 is 0 Å². The lowest BCUT2D eigenvalue weighted by molar-refractivity contribution is 0.262. The maximum Gasteiger partial charge on any atom is 0.323 e. The van der Waals surface area contributed by atoms with Crippen molar-refractivity contribution in [2.75, 3.05) is 23.0 Å². The summed E-state index contributed by atoms with van der Waals surface area (Å²) in [5.41, 5.74) is 3.74. The van der Waals surface area contributed by atoms with Gasteiger partial charge in [0.05, 0.1) is 11.2 Å². The highest BCUT2D eigenvalue weighted by Gasteiger charge is 2.21. The molecule has 0 aliphatic rings. The first-order valence-electron chi connectivity index (χ1n) is 13.3. The highest BCUT2D eigenvalue weighted by Crippen LogP contribution is 2.29. The van der Waals surface area contributed by atoms with Gasteiger partial charge in [0.2, 0.25) is 5.95 Å². The summed E-state index contributed by atoms with van der Waals surface area (Å²) in [5, 5.41) is 14.2. The van der Waals surface area contributed by atoms with E-state index in [1.165, 1.54) is 0 Å². The Bertz CT molecular complexity index is 1780. The monoisotopic (exact) mass is 551 g/mol. The Morgan fingerprint density at radius 3 is 2.46 bits per heavy atom. The molecule has 2 amide bonds. The van der Waals surface area contributed by atoms with E-state index in [2.05, 4.69) is 30.9 Å². The number of rotatable bonds is 6. The number of nitrogens with zero attached hydrogens (tertiary/aromatic N) is 6. The number of carbonyl (C=O) groups is 1. The van der Waals surface area contributed by atoms with Crippen LogP contribution in [-0.4, -0.2) is 42.4 Å². The highest BCUT2D eigenvalue weighted by atomic mass is 16.2. The van der Waals surface area contributed by atoms with Crippen molar-refractivity contribution in [3.05, 3.63) is 77.6 Å². The second-order valence-corrected chi connectivity index (χ2v) is 11.0. The van der Waals surface area contributed by atoms with Crippen LogP contribution in [0.5, 0.6) is 0 Å². The standard InChI is InChI=1S/C30H33N9O2/c1-18(2)39-26-21(16-33-28(31-6)36-26)14-23(27(39)40)19-9-7-11-22(13-19)34-29(41)35-24-17-38(30(3,4)5)37-25(24)20-10-8-12-32-15-20/h7-18H,1-6H3,(H,31,33,36)(H2,34,35,41). The fourth-order valence-corrected chi connectivity index (χ4v) is 4.50. The van der Waals surface area contributed by atoms with Crippen molar-refractivity contribution in [1.29, 1.82) is 0 Å². The maximum atomic E-state index is 13.6. The van der Waals surface area contributed by atoms with Gasteiger partial charge in [0, 0.05) is 60.1 Å². The Morgan fingerprint density at radius 2 is 1.78 bits per heavy atom. The number of aromatic nitrogens is 6. The number of carbonyl (C=O) groups excluding carboxylic acids is 1. The van der Waals surface area contributed by atoms with Crippen LogP contribution >= 0.6 is 0 Å². The molecule has 1 aromatic carbocycles. The van der Waals surface area contributed by atoms with E-state index in [4.69, 9.17) is 5.10 Å². The van der Waals surface area contributed by atoms with Gasteiger partial charge in [0.1, 0.15) is 11.3 Å². The first-order chi connectivity index (χ1) is 19.5. The fourth-order valence-electron chi connectivity index (χ4n) is 4.50. The summed E-state index contributed by atoms with van der Waals surface area (Å²) in [7, 11) is 1.73. The van der Waals surface area contributed by atoms with Crippen molar-refractivity contribution < 1.29 is 4.79 Å². The molecular weight excluding hydrogens is 518 g/mol. The summed E-state index contributed by atoms with van der Waals surface area (Å²) >= 11 is 0. The molecule has 0 spiro atoms. The number of hydrogen-bond acceptors (Lipinski definition) is 7. The lowest BCUT2D eigenvalue weighted by atomic mass is 10.0. The van der Waals surface area contributed by atoms with Crippen LogP contribution in [0.1, 0.15) is 40.7 Å². The third-order valence-corrected chi connectivity index (χ3v) is 6.53. The molecule has 210 valence electrons. The largest absolute Gasteiger partial charge is 0.357 e.